The fourth-order valence-corrected chi connectivity index (χ4v) is 5.15. The molecular formula is C27H27Cl2N3O2. The molecule has 2 heterocycles. The summed E-state index contributed by atoms with van der Waals surface area (Å²) >= 11 is 12.6. The largest absolute Gasteiger partial charge is 0.456 e. The number of amides is 1. The van der Waals surface area contributed by atoms with Gasteiger partial charge in [-0.2, -0.15) is 0 Å². The van der Waals surface area contributed by atoms with E-state index in [0.717, 1.165) is 66.6 Å². The maximum Gasteiger partial charge on any atom is 0.252 e. The van der Waals surface area contributed by atoms with Crippen molar-refractivity contribution < 1.29 is 9.21 Å². The minimum Gasteiger partial charge on any atom is -0.456 e. The third-order valence-corrected chi connectivity index (χ3v) is 7.33. The highest BCUT2D eigenvalue weighted by molar-refractivity contribution is 6.43. The van der Waals surface area contributed by atoms with Crippen molar-refractivity contribution in [1.82, 2.24) is 10.2 Å². The average molecular weight is 496 g/mol. The monoisotopic (exact) mass is 495 g/mol. The van der Waals surface area contributed by atoms with E-state index in [0.29, 0.717) is 15.6 Å². The van der Waals surface area contributed by atoms with Crippen LogP contribution in [0, 0.1) is 0 Å². The van der Waals surface area contributed by atoms with Gasteiger partial charge in [0, 0.05) is 42.5 Å². The number of carbonyl (C=O) groups is 1. The molecular weight excluding hydrogens is 469 g/mol. The number of benzene rings is 3. The minimum atomic E-state index is -0.0639. The molecule has 176 valence electrons. The minimum absolute atomic E-state index is 0.0220. The number of nitrogens with one attached hydrogen (secondary N) is 1. The third kappa shape index (κ3) is 4.48. The van der Waals surface area contributed by atoms with Gasteiger partial charge in [-0.15, -0.1) is 0 Å². The zero-order valence-corrected chi connectivity index (χ0v) is 20.6. The van der Waals surface area contributed by atoms with Crippen molar-refractivity contribution in [3.05, 3.63) is 76.3 Å². The van der Waals surface area contributed by atoms with Crippen LogP contribution in [-0.4, -0.2) is 43.2 Å². The number of para-hydroxylation sites is 1. The molecule has 1 amide bonds. The summed E-state index contributed by atoms with van der Waals surface area (Å²) in [5.74, 6) is -0.0639. The smallest absolute Gasteiger partial charge is 0.252 e. The Balaban J connectivity index is 1.30. The SMILES string of the molecule is CCCC(NC(=O)c1ccc2oc3ccccc3c2c1)N1CCN(c2cccc(Cl)c2Cl)CC1. The predicted molar refractivity (Wildman–Crippen MR) is 140 cm³/mol. The molecule has 1 N–H and O–H groups in total. The molecule has 1 aliphatic rings. The molecule has 1 fully saturated rings. The van der Waals surface area contributed by atoms with Crippen molar-refractivity contribution in [2.75, 3.05) is 31.1 Å². The van der Waals surface area contributed by atoms with Crippen LogP contribution in [0.15, 0.2) is 65.1 Å². The standard InChI is InChI=1S/C27H27Cl2N3O2/c1-2-6-25(32-15-13-31(14-16-32)22-9-5-8-21(28)26(22)29)30-27(33)18-11-12-24-20(17-18)19-7-3-4-10-23(19)34-24/h3-5,7-12,17,25H,2,6,13-16H2,1H3,(H,30,33). The zero-order chi connectivity index (χ0) is 23.7. The molecule has 1 atom stereocenters. The van der Waals surface area contributed by atoms with Crippen LogP contribution in [0.4, 0.5) is 5.69 Å². The fourth-order valence-electron chi connectivity index (χ4n) is 4.73. The van der Waals surface area contributed by atoms with E-state index in [1.165, 1.54) is 0 Å². The van der Waals surface area contributed by atoms with Gasteiger partial charge in [0.15, 0.2) is 0 Å². The van der Waals surface area contributed by atoms with Crippen LogP contribution in [0.3, 0.4) is 0 Å². The maximum atomic E-state index is 13.2. The molecule has 4 aromatic rings. The Hall–Kier alpha value is -2.73. The molecule has 1 saturated heterocycles. The summed E-state index contributed by atoms with van der Waals surface area (Å²) in [5.41, 5.74) is 3.23. The topological polar surface area (TPSA) is 48.7 Å². The van der Waals surface area contributed by atoms with Crippen LogP contribution in [0.1, 0.15) is 30.1 Å². The van der Waals surface area contributed by atoms with Gasteiger partial charge in [-0.3, -0.25) is 9.69 Å². The lowest BCUT2D eigenvalue weighted by Gasteiger charge is -2.40. The van der Waals surface area contributed by atoms with Crippen LogP contribution in [-0.2, 0) is 0 Å². The van der Waals surface area contributed by atoms with Gasteiger partial charge in [-0.1, -0.05) is 60.8 Å². The molecule has 5 rings (SSSR count). The van der Waals surface area contributed by atoms with E-state index in [2.05, 4.69) is 22.0 Å². The molecule has 0 saturated carbocycles. The molecule has 1 aliphatic heterocycles. The van der Waals surface area contributed by atoms with Gasteiger partial charge in [0.1, 0.15) is 11.2 Å². The first-order chi connectivity index (χ1) is 16.5. The Morgan fingerprint density at radius 2 is 1.74 bits per heavy atom. The number of piperazine rings is 1. The number of hydrogen-bond donors (Lipinski definition) is 1. The number of carbonyl (C=O) groups excluding carboxylic acids is 1. The second-order valence-electron chi connectivity index (χ2n) is 8.68. The molecule has 5 nitrogen and oxygen atoms in total. The third-order valence-electron chi connectivity index (χ3n) is 6.53. The first kappa shape index (κ1) is 23.0. The Labute approximate surface area is 209 Å². The molecule has 1 unspecified atom stereocenters. The molecule has 7 heteroatoms. The van der Waals surface area contributed by atoms with Crippen molar-refractivity contribution in [2.24, 2.45) is 0 Å². The van der Waals surface area contributed by atoms with Crippen molar-refractivity contribution in [3.8, 4) is 0 Å². The summed E-state index contributed by atoms with van der Waals surface area (Å²) in [4.78, 5) is 17.8. The normalized spacial score (nSPS) is 15.7. The van der Waals surface area contributed by atoms with Gasteiger partial charge in [-0.05, 0) is 42.8 Å². The number of fused-ring (bicyclic) bond motifs is 3. The summed E-state index contributed by atoms with van der Waals surface area (Å²) in [7, 11) is 0. The molecule has 0 aliphatic carbocycles. The van der Waals surface area contributed by atoms with E-state index in [9.17, 15) is 4.79 Å². The quantitative estimate of drug-likeness (QED) is 0.328. The number of rotatable bonds is 6. The summed E-state index contributed by atoms with van der Waals surface area (Å²) in [6.07, 6.45) is 1.85. The van der Waals surface area contributed by atoms with Crippen molar-refractivity contribution in [1.29, 1.82) is 0 Å². The lowest BCUT2D eigenvalue weighted by atomic mass is 10.1. The molecule has 1 aromatic heterocycles. The Morgan fingerprint density at radius 3 is 2.53 bits per heavy atom. The van der Waals surface area contributed by atoms with E-state index in [1.54, 1.807) is 6.07 Å². The average Bonchev–Trinajstić information content (AvgIpc) is 3.23. The highest BCUT2D eigenvalue weighted by Gasteiger charge is 2.26. The Kier molecular flexibility index (Phi) is 6.68. The summed E-state index contributed by atoms with van der Waals surface area (Å²) in [6.45, 7) is 5.45. The van der Waals surface area contributed by atoms with Gasteiger partial charge in [0.2, 0.25) is 0 Å². The number of furan rings is 1. The maximum absolute atomic E-state index is 13.2. The highest BCUT2D eigenvalue weighted by atomic mass is 35.5. The van der Waals surface area contributed by atoms with Gasteiger partial charge < -0.3 is 14.6 Å². The number of nitrogens with zero attached hydrogens (tertiary/aromatic N) is 2. The predicted octanol–water partition coefficient (Wildman–Crippen LogP) is 6.57. The second kappa shape index (κ2) is 9.87. The van der Waals surface area contributed by atoms with Gasteiger partial charge >= 0.3 is 0 Å². The number of halogens is 2. The first-order valence-corrected chi connectivity index (χ1v) is 12.5. The lowest BCUT2D eigenvalue weighted by Crippen LogP contribution is -2.56. The molecule has 0 spiro atoms. The van der Waals surface area contributed by atoms with Crippen molar-refractivity contribution >= 4 is 56.7 Å². The van der Waals surface area contributed by atoms with Crippen molar-refractivity contribution in [2.45, 2.75) is 25.9 Å². The van der Waals surface area contributed by atoms with E-state index < -0.39 is 0 Å². The molecule has 0 radical (unpaired) electrons. The van der Waals surface area contributed by atoms with E-state index in [1.807, 2.05) is 54.6 Å². The van der Waals surface area contributed by atoms with Gasteiger partial charge in [-0.25, -0.2) is 0 Å². The Bertz CT molecular complexity index is 1330. The van der Waals surface area contributed by atoms with Crippen LogP contribution in [0.25, 0.3) is 21.9 Å². The number of anilines is 1. The Morgan fingerprint density at radius 1 is 0.971 bits per heavy atom. The van der Waals surface area contributed by atoms with E-state index in [-0.39, 0.29) is 12.1 Å². The highest BCUT2D eigenvalue weighted by Crippen LogP contribution is 2.33. The van der Waals surface area contributed by atoms with Gasteiger partial charge in [0.25, 0.3) is 5.91 Å². The molecule has 34 heavy (non-hydrogen) atoms. The number of hydrogen-bond acceptors (Lipinski definition) is 4. The van der Waals surface area contributed by atoms with Crippen LogP contribution >= 0.6 is 23.2 Å². The van der Waals surface area contributed by atoms with Crippen molar-refractivity contribution in [3.63, 3.8) is 0 Å². The molecule has 3 aromatic carbocycles. The summed E-state index contributed by atoms with van der Waals surface area (Å²) < 4.78 is 5.90. The molecule has 0 bridgehead atoms. The summed E-state index contributed by atoms with van der Waals surface area (Å²) in [5, 5.41) is 6.42. The first-order valence-electron chi connectivity index (χ1n) is 11.7. The van der Waals surface area contributed by atoms with E-state index >= 15 is 0 Å². The lowest BCUT2D eigenvalue weighted by molar-refractivity contribution is 0.0824. The summed E-state index contributed by atoms with van der Waals surface area (Å²) in [6, 6.07) is 19.3. The second-order valence-corrected chi connectivity index (χ2v) is 9.47. The van der Waals surface area contributed by atoms with E-state index in [4.69, 9.17) is 27.6 Å². The van der Waals surface area contributed by atoms with Crippen LogP contribution in [0.5, 0.6) is 0 Å². The zero-order valence-electron chi connectivity index (χ0n) is 19.1. The fraction of sp³-hybridized carbons (Fsp3) is 0.296. The van der Waals surface area contributed by atoms with Crippen LogP contribution < -0.4 is 10.2 Å². The van der Waals surface area contributed by atoms with Crippen LogP contribution in [0.2, 0.25) is 10.0 Å². The van der Waals surface area contributed by atoms with Gasteiger partial charge in [0.05, 0.1) is 21.9 Å².